The number of likely N-dealkylation sites (N-methyl/N-ethyl adjacent to an activating group) is 1. The highest BCUT2D eigenvalue weighted by atomic mass is 16.3. The molecule has 1 aliphatic heterocycles. The summed E-state index contributed by atoms with van der Waals surface area (Å²) in [6, 6.07) is 9.37. The van der Waals surface area contributed by atoms with Crippen molar-refractivity contribution >= 4 is 0 Å². The normalized spacial score (nSPS) is 27.4. The van der Waals surface area contributed by atoms with E-state index in [1.165, 1.54) is 5.56 Å². The average Bonchev–Trinajstić information content (AvgIpc) is 2.38. The fraction of sp³-hybridized carbons (Fsp3) is 0.625. The smallest absolute Gasteiger partial charge is 0.115 e. The van der Waals surface area contributed by atoms with Crippen LogP contribution in [0.15, 0.2) is 24.3 Å². The Bertz CT molecular complexity index is 392. The minimum Gasteiger partial charge on any atom is -0.508 e. The van der Waals surface area contributed by atoms with Gasteiger partial charge in [-0.3, -0.25) is 9.80 Å². The largest absolute Gasteiger partial charge is 0.508 e. The molecule has 0 amide bonds. The van der Waals surface area contributed by atoms with Crippen molar-refractivity contribution < 1.29 is 5.11 Å². The maximum absolute atomic E-state index is 9.32. The summed E-state index contributed by atoms with van der Waals surface area (Å²) in [6.45, 7) is 9.18. The summed E-state index contributed by atoms with van der Waals surface area (Å²) < 4.78 is 0. The van der Waals surface area contributed by atoms with Gasteiger partial charge in [-0.05, 0) is 51.9 Å². The van der Waals surface area contributed by atoms with E-state index < -0.39 is 0 Å². The zero-order chi connectivity index (χ0) is 14.0. The van der Waals surface area contributed by atoms with Crippen LogP contribution in [0.1, 0.15) is 26.3 Å². The standard InChI is InChI=1S/C16H26N2O/c1-12(9-15-5-7-16(19)8-6-15)18-10-13(2)17(4)14(3)11-18/h5-8,12-14,19H,9-11H2,1-4H3. The third-order valence-corrected chi connectivity index (χ3v) is 4.48. The monoisotopic (exact) mass is 262 g/mol. The van der Waals surface area contributed by atoms with Gasteiger partial charge in [-0.1, -0.05) is 12.1 Å². The number of hydrogen-bond acceptors (Lipinski definition) is 3. The van der Waals surface area contributed by atoms with Crippen LogP contribution >= 0.6 is 0 Å². The van der Waals surface area contributed by atoms with Gasteiger partial charge in [-0.15, -0.1) is 0 Å². The topological polar surface area (TPSA) is 26.7 Å². The summed E-state index contributed by atoms with van der Waals surface area (Å²) in [5.74, 6) is 0.346. The number of hydrogen-bond donors (Lipinski definition) is 1. The highest BCUT2D eigenvalue weighted by Gasteiger charge is 2.28. The molecule has 1 fully saturated rings. The van der Waals surface area contributed by atoms with Crippen molar-refractivity contribution in [2.24, 2.45) is 0 Å². The molecule has 1 saturated heterocycles. The van der Waals surface area contributed by atoms with Crippen molar-refractivity contribution in [2.75, 3.05) is 20.1 Å². The molecule has 19 heavy (non-hydrogen) atoms. The average molecular weight is 262 g/mol. The maximum atomic E-state index is 9.32. The van der Waals surface area contributed by atoms with Crippen molar-refractivity contribution in [3.63, 3.8) is 0 Å². The minimum atomic E-state index is 0.346. The number of nitrogens with zero attached hydrogens (tertiary/aromatic N) is 2. The lowest BCUT2D eigenvalue weighted by atomic mass is 10.0. The first-order valence-corrected chi connectivity index (χ1v) is 7.21. The second-order valence-electron chi connectivity index (χ2n) is 6.04. The number of rotatable bonds is 3. The van der Waals surface area contributed by atoms with Gasteiger partial charge in [0.05, 0.1) is 0 Å². The highest BCUT2D eigenvalue weighted by Crippen LogP contribution is 2.19. The molecule has 3 atom stereocenters. The van der Waals surface area contributed by atoms with Gasteiger partial charge in [0.1, 0.15) is 5.75 Å². The molecule has 1 heterocycles. The molecule has 3 heteroatoms. The van der Waals surface area contributed by atoms with Crippen molar-refractivity contribution in [1.82, 2.24) is 9.80 Å². The van der Waals surface area contributed by atoms with E-state index in [1.54, 1.807) is 12.1 Å². The summed E-state index contributed by atoms with van der Waals surface area (Å²) >= 11 is 0. The van der Waals surface area contributed by atoms with E-state index in [-0.39, 0.29) is 0 Å². The van der Waals surface area contributed by atoms with Crippen LogP contribution in [0.25, 0.3) is 0 Å². The van der Waals surface area contributed by atoms with E-state index in [4.69, 9.17) is 0 Å². The lowest BCUT2D eigenvalue weighted by molar-refractivity contribution is 0.0381. The molecule has 1 aliphatic rings. The van der Waals surface area contributed by atoms with Gasteiger partial charge < -0.3 is 5.11 Å². The van der Waals surface area contributed by atoms with Gasteiger partial charge in [-0.2, -0.15) is 0 Å². The second kappa shape index (κ2) is 5.93. The van der Waals surface area contributed by atoms with Crippen LogP contribution in [0.3, 0.4) is 0 Å². The molecule has 2 rings (SSSR count). The zero-order valence-electron chi connectivity index (χ0n) is 12.5. The van der Waals surface area contributed by atoms with E-state index >= 15 is 0 Å². The molecule has 0 spiro atoms. The summed E-state index contributed by atoms with van der Waals surface area (Å²) in [5.41, 5.74) is 1.30. The zero-order valence-corrected chi connectivity index (χ0v) is 12.5. The van der Waals surface area contributed by atoms with Crippen LogP contribution in [0.5, 0.6) is 5.75 Å². The van der Waals surface area contributed by atoms with Crippen LogP contribution in [0, 0.1) is 0 Å². The summed E-state index contributed by atoms with van der Waals surface area (Å²) in [7, 11) is 2.22. The number of aromatic hydroxyl groups is 1. The molecular weight excluding hydrogens is 236 g/mol. The molecule has 0 bridgehead atoms. The Morgan fingerprint density at radius 1 is 1.16 bits per heavy atom. The van der Waals surface area contributed by atoms with Gasteiger partial charge in [0, 0.05) is 31.2 Å². The fourth-order valence-corrected chi connectivity index (χ4v) is 2.91. The predicted molar refractivity (Wildman–Crippen MR) is 79.5 cm³/mol. The van der Waals surface area contributed by atoms with Crippen molar-refractivity contribution in [3.8, 4) is 5.75 Å². The molecule has 3 nitrogen and oxygen atoms in total. The molecule has 3 unspecified atom stereocenters. The summed E-state index contributed by atoms with van der Waals surface area (Å²) in [4.78, 5) is 5.05. The molecule has 1 N–H and O–H groups in total. The third kappa shape index (κ3) is 3.48. The number of phenols is 1. The first-order valence-electron chi connectivity index (χ1n) is 7.21. The Balaban J connectivity index is 1.96. The molecular formula is C16H26N2O. The summed E-state index contributed by atoms with van der Waals surface area (Å²) in [6.07, 6.45) is 1.05. The molecule has 0 aromatic heterocycles. The van der Waals surface area contributed by atoms with Gasteiger partial charge in [0.15, 0.2) is 0 Å². The number of phenolic OH excluding ortho intramolecular Hbond substituents is 1. The lowest BCUT2D eigenvalue weighted by Crippen LogP contribution is -2.57. The van der Waals surface area contributed by atoms with E-state index in [0.29, 0.717) is 23.9 Å². The number of piperazine rings is 1. The van der Waals surface area contributed by atoms with E-state index in [2.05, 4.69) is 37.6 Å². The van der Waals surface area contributed by atoms with Crippen LogP contribution in [0.4, 0.5) is 0 Å². The maximum Gasteiger partial charge on any atom is 0.115 e. The molecule has 0 aliphatic carbocycles. The number of benzene rings is 1. The van der Waals surface area contributed by atoms with E-state index in [1.807, 2.05) is 12.1 Å². The molecule has 1 aromatic rings. The SMILES string of the molecule is CC(Cc1ccc(O)cc1)N1CC(C)N(C)C(C)C1. The first-order chi connectivity index (χ1) is 8.97. The highest BCUT2D eigenvalue weighted by molar-refractivity contribution is 5.26. The van der Waals surface area contributed by atoms with E-state index in [0.717, 1.165) is 19.5 Å². The Morgan fingerprint density at radius 3 is 2.21 bits per heavy atom. The van der Waals surface area contributed by atoms with Crippen LogP contribution in [-0.4, -0.2) is 53.2 Å². The third-order valence-electron chi connectivity index (χ3n) is 4.48. The van der Waals surface area contributed by atoms with Crippen LogP contribution < -0.4 is 0 Å². The van der Waals surface area contributed by atoms with Crippen LogP contribution in [-0.2, 0) is 6.42 Å². The van der Waals surface area contributed by atoms with Crippen molar-refractivity contribution in [1.29, 1.82) is 0 Å². The fourth-order valence-electron chi connectivity index (χ4n) is 2.91. The minimum absolute atomic E-state index is 0.346. The second-order valence-corrected chi connectivity index (χ2v) is 6.04. The van der Waals surface area contributed by atoms with Crippen molar-refractivity contribution in [2.45, 2.75) is 45.3 Å². The van der Waals surface area contributed by atoms with Gasteiger partial charge in [0.2, 0.25) is 0 Å². The van der Waals surface area contributed by atoms with Gasteiger partial charge >= 0.3 is 0 Å². The Labute approximate surface area is 116 Å². The van der Waals surface area contributed by atoms with E-state index in [9.17, 15) is 5.11 Å². The Kier molecular flexibility index (Phi) is 4.48. The summed E-state index contributed by atoms with van der Waals surface area (Å²) in [5, 5.41) is 9.32. The molecule has 0 saturated carbocycles. The molecule has 106 valence electrons. The quantitative estimate of drug-likeness (QED) is 0.906. The van der Waals surface area contributed by atoms with Crippen molar-refractivity contribution in [3.05, 3.63) is 29.8 Å². The van der Waals surface area contributed by atoms with Crippen LogP contribution in [0.2, 0.25) is 0 Å². The Hall–Kier alpha value is -1.06. The first kappa shape index (κ1) is 14.4. The predicted octanol–water partition coefficient (Wildman–Crippen LogP) is 2.35. The lowest BCUT2D eigenvalue weighted by Gasteiger charge is -2.45. The molecule has 0 radical (unpaired) electrons. The van der Waals surface area contributed by atoms with Gasteiger partial charge in [0.25, 0.3) is 0 Å². The Morgan fingerprint density at radius 2 is 1.68 bits per heavy atom. The van der Waals surface area contributed by atoms with Gasteiger partial charge in [-0.25, -0.2) is 0 Å². The molecule has 1 aromatic carbocycles.